The van der Waals surface area contributed by atoms with Crippen molar-refractivity contribution in [2.24, 2.45) is 56.7 Å². The van der Waals surface area contributed by atoms with Gasteiger partial charge >= 0.3 is 0 Å². The van der Waals surface area contributed by atoms with E-state index in [4.69, 9.17) is 0 Å². The monoisotopic (exact) mass is 444 g/mol. The molecule has 5 aliphatic rings. The zero-order valence-electron chi connectivity index (χ0n) is 22.4. The molecule has 0 unspecified atom stereocenters. The molecule has 5 rings (SSSR count). The topological polar surface area (TPSA) is 40.5 Å². The fraction of sp³-hybridized carbons (Fsp3) is 1.00. The molecule has 0 amide bonds. The van der Waals surface area contributed by atoms with E-state index in [1.165, 1.54) is 51.4 Å². The molecule has 0 radical (unpaired) electrons. The van der Waals surface area contributed by atoms with Crippen LogP contribution in [0, 0.1) is 56.7 Å². The summed E-state index contributed by atoms with van der Waals surface area (Å²) >= 11 is 0. The minimum absolute atomic E-state index is 0.0366. The second kappa shape index (κ2) is 6.77. The first-order valence-electron chi connectivity index (χ1n) is 14.1. The van der Waals surface area contributed by atoms with Gasteiger partial charge in [0.05, 0.1) is 11.7 Å². The van der Waals surface area contributed by atoms with Crippen LogP contribution in [0.1, 0.15) is 120 Å². The first-order valence-corrected chi connectivity index (χ1v) is 14.1. The third kappa shape index (κ3) is 2.56. The predicted molar refractivity (Wildman–Crippen MR) is 132 cm³/mol. The summed E-state index contributed by atoms with van der Waals surface area (Å²) in [5, 5.41) is 22.6. The highest BCUT2D eigenvalue weighted by Gasteiger charge is 2.72. The summed E-state index contributed by atoms with van der Waals surface area (Å²) in [6.07, 6.45) is 12.1. The van der Waals surface area contributed by atoms with E-state index in [1.807, 2.05) is 0 Å². The summed E-state index contributed by atoms with van der Waals surface area (Å²) in [4.78, 5) is 0. The first kappa shape index (κ1) is 23.7. The molecule has 2 nitrogen and oxygen atoms in total. The predicted octanol–water partition coefficient (Wildman–Crippen LogP) is 7.22. The molecule has 0 bridgehead atoms. The molecule has 5 saturated carbocycles. The largest absolute Gasteiger partial charge is 0.393 e. The van der Waals surface area contributed by atoms with Crippen molar-refractivity contribution in [3.05, 3.63) is 0 Å². The number of hydrogen-bond donors (Lipinski definition) is 2. The highest BCUT2D eigenvalue weighted by molar-refractivity contribution is 5.21. The highest BCUT2D eigenvalue weighted by atomic mass is 16.3. The molecule has 5 fully saturated rings. The van der Waals surface area contributed by atoms with Gasteiger partial charge in [0.25, 0.3) is 0 Å². The van der Waals surface area contributed by atoms with Gasteiger partial charge in [-0.2, -0.15) is 0 Å². The van der Waals surface area contributed by atoms with Gasteiger partial charge in [-0.15, -0.1) is 0 Å². The van der Waals surface area contributed by atoms with Gasteiger partial charge in [-0.3, -0.25) is 0 Å². The van der Waals surface area contributed by atoms with E-state index in [2.05, 4.69) is 55.4 Å². The molecule has 0 aliphatic heterocycles. The zero-order chi connectivity index (χ0) is 23.5. The molecule has 5 aliphatic carbocycles. The zero-order valence-corrected chi connectivity index (χ0v) is 22.4. The molecule has 2 heteroatoms. The van der Waals surface area contributed by atoms with Crippen LogP contribution in [0.3, 0.4) is 0 Å². The summed E-state index contributed by atoms with van der Waals surface area (Å²) < 4.78 is 0. The Kier molecular flexibility index (Phi) is 5.01. The summed E-state index contributed by atoms with van der Waals surface area (Å²) in [5.41, 5.74) is 0.981. The lowest BCUT2D eigenvalue weighted by atomic mass is 9.31. The Morgan fingerprint density at radius 1 is 0.594 bits per heavy atom. The lowest BCUT2D eigenvalue weighted by Gasteiger charge is -2.73. The fourth-order valence-electron chi connectivity index (χ4n) is 12.0. The molecule has 2 N–H and O–H groups in total. The van der Waals surface area contributed by atoms with Gasteiger partial charge < -0.3 is 10.2 Å². The quantitative estimate of drug-likeness (QED) is 0.448. The van der Waals surface area contributed by atoms with Crippen LogP contribution in [0.25, 0.3) is 0 Å². The average Bonchev–Trinajstić information content (AvgIpc) is 2.98. The average molecular weight is 445 g/mol. The lowest BCUT2D eigenvalue weighted by Crippen LogP contribution is -2.67. The number of aliphatic hydroxyl groups excluding tert-OH is 1. The Labute approximate surface area is 198 Å². The maximum Gasteiger partial charge on any atom is 0.0704 e. The molecule has 0 aromatic carbocycles. The standard InChI is InChI=1S/C30H52O2/c1-19(2)30(32)18-17-27(6)22-10-9-21-26(5)14-13-24(31)25(3,4)20(26)11-15-28(21,7)29(22,8)16-12-23(27)30/h19-24,31-32H,9-18H2,1-8H3/t20-,21+,22+,23+,24-,26-,27+,28+,29+,30+/m0/s1. The van der Waals surface area contributed by atoms with Crippen LogP contribution in [0.4, 0.5) is 0 Å². The van der Waals surface area contributed by atoms with Crippen LogP contribution in [-0.2, 0) is 0 Å². The van der Waals surface area contributed by atoms with Gasteiger partial charge in [0.15, 0.2) is 0 Å². The van der Waals surface area contributed by atoms with E-state index in [1.54, 1.807) is 0 Å². The number of rotatable bonds is 1. The van der Waals surface area contributed by atoms with Gasteiger partial charge in [0.1, 0.15) is 0 Å². The van der Waals surface area contributed by atoms with Crippen LogP contribution >= 0.6 is 0 Å². The van der Waals surface area contributed by atoms with Crippen LogP contribution in [-0.4, -0.2) is 21.9 Å². The molecule has 0 heterocycles. The van der Waals surface area contributed by atoms with Crippen molar-refractivity contribution < 1.29 is 10.2 Å². The molecule has 0 aromatic heterocycles. The van der Waals surface area contributed by atoms with Crippen molar-refractivity contribution in [1.29, 1.82) is 0 Å². The Bertz CT molecular complexity index is 773. The Hall–Kier alpha value is -0.0800. The molecule has 32 heavy (non-hydrogen) atoms. The third-order valence-corrected chi connectivity index (χ3v) is 14.1. The van der Waals surface area contributed by atoms with Crippen LogP contribution in [0.5, 0.6) is 0 Å². The van der Waals surface area contributed by atoms with Crippen molar-refractivity contribution in [3.8, 4) is 0 Å². The maximum atomic E-state index is 11.8. The second-order valence-electron chi connectivity index (χ2n) is 15.2. The molecule has 0 spiro atoms. The number of fused-ring (bicyclic) bond motifs is 7. The van der Waals surface area contributed by atoms with Crippen molar-refractivity contribution in [1.82, 2.24) is 0 Å². The molecule has 10 atom stereocenters. The summed E-state index contributed by atoms with van der Waals surface area (Å²) in [5.74, 6) is 2.98. The maximum absolute atomic E-state index is 11.8. The molecule has 0 saturated heterocycles. The third-order valence-electron chi connectivity index (χ3n) is 14.1. The smallest absolute Gasteiger partial charge is 0.0704 e. The Morgan fingerprint density at radius 3 is 1.62 bits per heavy atom. The van der Waals surface area contributed by atoms with Gasteiger partial charge in [-0.1, -0.05) is 55.4 Å². The number of hydrogen-bond acceptors (Lipinski definition) is 2. The van der Waals surface area contributed by atoms with Crippen molar-refractivity contribution in [3.63, 3.8) is 0 Å². The van der Waals surface area contributed by atoms with Crippen molar-refractivity contribution >= 4 is 0 Å². The second-order valence-corrected chi connectivity index (χ2v) is 15.2. The van der Waals surface area contributed by atoms with Gasteiger partial charge in [-0.25, -0.2) is 0 Å². The highest BCUT2D eigenvalue weighted by Crippen LogP contribution is 2.78. The number of aliphatic hydroxyl groups is 2. The van der Waals surface area contributed by atoms with Crippen molar-refractivity contribution in [2.45, 2.75) is 131 Å². The summed E-state index contributed by atoms with van der Waals surface area (Å²) in [6.45, 7) is 19.8. The SMILES string of the molecule is CC(C)[C@]1(O)CC[C@@]2(C)[C@H]1CC[C@]1(C)[C@@H]2CC[C@@H]2[C@@]3(C)CC[C@H](O)C(C)(C)[C@@H]3CC[C@]21C. The van der Waals surface area contributed by atoms with E-state index in [9.17, 15) is 10.2 Å². The molecule has 0 aromatic rings. The van der Waals surface area contributed by atoms with E-state index in [-0.39, 0.29) is 11.5 Å². The van der Waals surface area contributed by atoms with Gasteiger partial charge in [0, 0.05) is 0 Å². The Balaban J connectivity index is 1.53. The van der Waals surface area contributed by atoms with E-state index >= 15 is 0 Å². The molecular formula is C30H52O2. The van der Waals surface area contributed by atoms with E-state index in [0.29, 0.717) is 39.4 Å². The van der Waals surface area contributed by atoms with Crippen LogP contribution < -0.4 is 0 Å². The normalized spacial score (nSPS) is 59.2. The van der Waals surface area contributed by atoms with Gasteiger partial charge in [0.2, 0.25) is 0 Å². The molecule has 184 valence electrons. The first-order chi connectivity index (χ1) is 14.7. The Morgan fingerprint density at radius 2 is 1.09 bits per heavy atom. The van der Waals surface area contributed by atoms with Crippen LogP contribution in [0.15, 0.2) is 0 Å². The van der Waals surface area contributed by atoms with E-state index in [0.717, 1.165) is 24.7 Å². The minimum Gasteiger partial charge on any atom is -0.393 e. The molecular weight excluding hydrogens is 392 g/mol. The fourth-order valence-corrected chi connectivity index (χ4v) is 12.0. The lowest BCUT2D eigenvalue weighted by molar-refractivity contribution is -0.256. The summed E-state index contributed by atoms with van der Waals surface area (Å²) in [6, 6.07) is 0. The van der Waals surface area contributed by atoms with Gasteiger partial charge in [-0.05, 0) is 121 Å². The van der Waals surface area contributed by atoms with Crippen LogP contribution in [0.2, 0.25) is 0 Å². The van der Waals surface area contributed by atoms with E-state index < -0.39 is 5.60 Å². The van der Waals surface area contributed by atoms with Crippen molar-refractivity contribution in [2.75, 3.05) is 0 Å². The minimum atomic E-state index is -0.457. The summed E-state index contributed by atoms with van der Waals surface area (Å²) in [7, 11) is 0.